The fourth-order valence-corrected chi connectivity index (χ4v) is 3.39. The zero-order valence-corrected chi connectivity index (χ0v) is 17.5. The number of carbonyl (C=O) groups excluding carboxylic acids is 1. The second kappa shape index (κ2) is 10.4. The van der Waals surface area contributed by atoms with Gasteiger partial charge in [-0.25, -0.2) is 9.97 Å². The van der Waals surface area contributed by atoms with Gasteiger partial charge in [-0.05, 0) is 30.5 Å². The fourth-order valence-electron chi connectivity index (χ4n) is 3.39. The lowest BCUT2D eigenvalue weighted by Gasteiger charge is -2.35. The average molecular weight is 409 g/mol. The van der Waals surface area contributed by atoms with E-state index < -0.39 is 6.04 Å². The topological polar surface area (TPSA) is 110 Å². The number of piperazine rings is 1. The van der Waals surface area contributed by atoms with Gasteiger partial charge < -0.3 is 20.4 Å². The smallest absolute Gasteiger partial charge is 0.243 e. The van der Waals surface area contributed by atoms with Crippen LogP contribution in [0.1, 0.15) is 20.3 Å². The van der Waals surface area contributed by atoms with Gasteiger partial charge in [-0.15, -0.1) is 0 Å². The highest BCUT2D eigenvalue weighted by molar-refractivity contribution is 5.84. The Morgan fingerprint density at radius 2 is 1.90 bits per heavy atom. The summed E-state index contributed by atoms with van der Waals surface area (Å²) in [6, 6.07) is 9.17. The minimum Gasteiger partial charge on any atom is -0.358 e. The van der Waals surface area contributed by atoms with E-state index in [9.17, 15) is 4.79 Å². The third kappa shape index (κ3) is 5.80. The van der Waals surface area contributed by atoms with E-state index in [2.05, 4.69) is 49.2 Å². The molecular formula is C21H28N8O. The molecule has 1 aliphatic heterocycles. The van der Waals surface area contributed by atoms with Gasteiger partial charge in [-0.1, -0.05) is 19.9 Å². The summed E-state index contributed by atoms with van der Waals surface area (Å²) in [6.45, 7) is 7.35. The van der Waals surface area contributed by atoms with Crippen LogP contribution in [0, 0.1) is 17.2 Å². The first-order valence-electron chi connectivity index (χ1n) is 10.2. The van der Waals surface area contributed by atoms with E-state index in [1.54, 1.807) is 18.5 Å². The summed E-state index contributed by atoms with van der Waals surface area (Å²) in [6.07, 6.45) is 4.15. The predicted octanol–water partition coefficient (Wildman–Crippen LogP) is 1.66. The molecule has 158 valence electrons. The minimum atomic E-state index is -0.456. The van der Waals surface area contributed by atoms with E-state index in [4.69, 9.17) is 5.26 Å². The molecule has 0 spiro atoms. The summed E-state index contributed by atoms with van der Waals surface area (Å²) in [4.78, 5) is 30.3. The quantitative estimate of drug-likeness (QED) is 0.635. The van der Waals surface area contributed by atoms with E-state index in [1.807, 2.05) is 24.3 Å². The molecule has 9 heteroatoms. The standard InChI is InChI=1S/C21H28N8O/c1-16(2)15-17(20(30)24-10-7-22)26-18-6-9-25-21(27-18)29-13-11-28(12-14-29)19-5-3-4-8-23-19/h3-6,8-9,16-17H,10-15H2,1-2H3,(H,24,30)(H,25,26,27)/t17-/m0/s1. The zero-order valence-electron chi connectivity index (χ0n) is 17.5. The molecule has 9 nitrogen and oxygen atoms in total. The lowest BCUT2D eigenvalue weighted by atomic mass is 10.0. The molecule has 1 saturated heterocycles. The number of hydrogen-bond acceptors (Lipinski definition) is 8. The maximum absolute atomic E-state index is 12.4. The van der Waals surface area contributed by atoms with Crippen molar-refractivity contribution in [3.63, 3.8) is 0 Å². The summed E-state index contributed by atoms with van der Waals surface area (Å²) in [5.41, 5.74) is 0. The van der Waals surface area contributed by atoms with Gasteiger partial charge in [0.1, 0.15) is 24.2 Å². The number of amides is 1. The third-order valence-corrected chi connectivity index (χ3v) is 4.87. The van der Waals surface area contributed by atoms with Gasteiger partial charge in [0.05, 0.1) is 6.07 Å². The molecule has 2 aromatic rings. The van der Waals surface area contributed by atoms with Crippen molar-refractivity contribution >= 4 is 23.5 Å². The second-order valence-corrected chi connectivity index (χ2v) is 7.61. The summed E-state index contributed by atoms with van der Waals surface area (Å²) in [5.74, 6) is 2.34. The highest BCUT2D eigenvalue weighted by atomic mass is 16.2. The Labute approximate surface area is 177 Å². The molecule has 0 unspecified atom stereocenters. The molecule has 0 bridgehead atoms. The largest absolute Gasteiger partial charge is 0.358 e. The molecular weight excluding hydrogens is 380 g/mol. The molecule has 1 atom stereocenters. The van der Waals surface area contributed by atoms with Crippen molar-refractivity contribution in [3.8, 4) is 6.07 Å². The van der Waals surface area contributed by atoms with Crippen molar-refractivity contribution < 1.29 is 4.79 Å². The number of rotatable bonds is 8. The molecule has 2 aromatic heterocycles. The Hall–Kier alpha value is -3.41. The van der Waals surface area contributed by atoms with Crippen LogP contribution in [0.2, 0.25) is 0 Å². The molecule has 1 aliphatic rings. The molecule has 1 amide bonds. The Balaban J connectivity index is 1.63. The van der Waals surface area contributed by atoms with E-state index >= 15 is 0 Å². The van der Waals surface area contributed by atoms with E-state index in [-0.39, 0.29) is 12.5 Å². The monoisotopic (exact) mass is 408 g/mol. The molecule has 0 radical (unpaired) electrons. The Morgan fingerprint density at radius 3 is 2.57 bits per heavy atom. The number of nitrogens with one attached hydrogen (secondary N) is 2. The van der Waals surface area contributed by atoms with Gasteiger partial charge >= 0.3 is 0 Å². The van der Waals surface area contributed by atoms with Crippen LogP contribution in [-0.4, -0.2) is 59.6 Å². The molecule has 3 rings (SSSR count). The summed E-state index contributed by atoms with van der Waals surface area (Å²) >= 11 is 0. The number of hydrogen-bond donors (Lipinski definition) is 2. The van der Waals surface area contributed by atoms with Crippen molar-refractivity contribution in [2.45, 2.75) is 26.3 Å². The normalized spacial score (nSPS) is 14.9. The van der Waals surface area contributed by atoms with Crippen LogP contribution in [0.25, 0.3) is 0 Å². The van der Waals surface area contributed by atoms with Gasteiger partial charge in [-0.2, -0.15) is 10.2 Å². The third-order valence-electron chi connectivity index (χ3n) is 4.87. The predicted molar refractivity (Wildman–Crippen MR) is 116 cm³/mol. The van der Waals surface area contributed by atoms with Crippen LogP contribution in [0.4, 0.5) is 17.6 Å². The highest BCUT2D eigenvalue weighted by Crippen LogP contribution is 2.18. The summed E-state index contributed by atoms with van der Waals surface area (Å²) < 4.78 is 0. The number of nitriles is 1. The Kier molecular flexibility index (Phi) is 7.38. The van der Waals surface area contributed by atoms with Crippen LogP contribution in [0.3, 0.4) is 0 Å². The van der Waals surface area contributed by atoms with Gasteiger partial charge in [-0.3, -0.25) is 4.79 Å². The summed E-state index contributed by atoms with van der Waals surface area (Å²) in [7, 11) is 0. The SMILES string of the molecule is CC(C)C[C@H](Nc1ccnc(N2CCN(c3ccccn3)CC2)n1)C(=O)NCC#N. The van der Waals surface area contributed by atoms with Crippen molar-refractivity contribution in [1.82, 2.24) is 20.3 Å². The number of carbonyl (C=O) groups is 1. The van der Waals surface area contributed by atoms with Crippen LogP contribution in [0.5, 0.6) is 0 Å². The van der Waals surface area contributed by atoms with Crippen molar-refractivity contribution in [2.24, 2.45) is 5.92 Å². The average Bonchev–Trinajstić information content (AvgIpc) is 2.77. The lowest BCUT2D eigenvalue weighted by molar-refractivity contribution is -0.121. The first-order chi connectivity index (χ1) is 14.6. The van der Waals surface area contributed by atoms with Gasteiger partial charge in [0.15, 0.2) is 0 Å². The maximum Gasteiger partial charge on any atom is 0.243 e. The van der Waals surface area contributed by atoms with Crippen LogP contribution in [-0.2, 0) is 4.79 Å². The van der Waals surface area contributed by atoms with E-state index in [0.29, 0.717) is 24.1 Å². The van der Waals surface area contributed by atoms with Crippen molar-refractivity contribution in [3.05, 3.63) is 36.7 Å². The zero-order chi connectivity index (χ0) is 21.3. The van der Waals surface area contributed by atoms with Crippen LogP contribution >= 0.6 is 0 Å². The number of nitrogens with zero attached hydrogens (tertiary/aromatic N) is 6. The van der Waals surface area contributed by atoms with Crippen molar-refractivity contribution in [2.75, 3.05) is 47.8 Å². The summed E-state index contributed by atoms with van der Waals surface area (Å²) in [5, 5.41) is 14.6. The second-order valence-electron chi connectivity index (χ2n) is 7.61. The molecule has 0 aromatic carbocycles. The highest BCUT2D eigenvalue weighted by Gasteiger charge is 2.22. The molecule has 0 aliphatic carbocycles. The Bertz CT molecular complexity index is 859. The first kappa shape index (κ1) is 21.3. The number of pyridine rings is 1. The maximum atomic E-state index is 12.4. The van der Waals surface area contributed by atoms with E-state index in [1.165, 1.54) is 0 Å². The van der Waals surface area contributed by atoms with Gasteiger partial charge in [0.2, 0.25) is 11.9 Å². The molecule has 0 saturated carbocycles. The molecule has 1 fully saturated rings. The lowest BCUT2D eigenvalue weighted by Crippen LogP contribution is -2.47. The van der Waals surface area contributed by atoms with Crippen LogP contribution in [0.15, 0.2) is 36.7 Å². The molecule has 2 N–H and O–H groups in total. The molecule has 3 heterocycles. The Morgan fingerprint density at radius 1 is 1.13 bits per heavy atom. The minimum absolute atomic E-state index is 0.00924. The van der Waals surface area contributed by atoms with Gasteiger partial charge in [0, 0.05) is 38.6 Å². The van der Waals surface area contributed by atoms with E-state index in [0.717, 1.165) is 32.0 Å². The van der Waals surface area contributed by atoms with Gasteiger partial charge in [0.25, 0.3) is 0 Å². The van der Waals surface area contributed by atoms with Crippen LogP contribution < -0.4 is 20.4 Å². The molecule has 30 heavy (non-hydrogen) atoms. The fraction of sp³-hybridized carbons (Fsp3) is 0.476. The number of aromatic nitrogens is 3. The first-order valence-corrected chi connectivity index (χ1v) is 10.2. The van der Waals surface area contributed by atoms with Crippen molar-refractivity contribution in [1.29, 1.82) is 5.26 Å². The number of anilines is 3.